The number of pyridine rings is 1. The fourth-order valence-electron chi connectivity index (χ4n) is 3.97. The van der Waals surface area contributed by atoms with Gasteiger partial charge in [0.2, 0.25) is 10.0 Å². The number of likely N-dealkylation sites (tertiary alicyclic amines) is 1. The highest BCUT2D eigenvalue weighted by Gasteiger charge is 2.23. The van der Waals surface area contributed by atoms with Crippen molar-refractivity contribution in [3.63, 3.8) is 0 Å². The largest absolute Gasteiger partial charge is 0.380 e. The Bertz CT molecular complexity index is 1130. The molecule has 2 aromatic carbocycles. The van der Waals surface area contributed by atoms with Crippen LogP contribution in [0.5, 0.6) is 0 Å². The smallest absolute Gasteiger partial charge is 0.229 e. The average molecular weight is 411 g/mol. The van der Waals surface area contributed by atoms with Gasteiger partial charge < -0.3 is 5.32 Å². The van der Waals surface area contributed by atoms with Gasteiger partial charge in [-0.25, -0.2) is 8.42 Å². The molecule has 4 rings (SSSR count). The number of fused-ring (bicyclic) bond motifs is 1. The number of sulfonamides is 1. The van der Waals surface area contributed by atoms with Gasteiger partial charge in [-0.05, 0) is 42.7 Å². The highest BCUT2D eigenvalue weighted by Crippen LogP contribution is 2.26. The summed E-state index contributed by atoms with van der Waals surface area (Å²) >= 11 is 0. The molecular weight excluding hydrogens is 384 g/mol. The van der Waals surface area contributed by atoms with E-state index in [9.17, 15) is 8.42 Å². The highest BCUT2D eigenvalue weighted by molar-refractivity contribution is 7.92. The van der Waals surface area contributed by atoms with Gasteiger partial charge in [-0.1, -0.05) is 24.3 Å². The Balaban J connectivity index is 1.44. The molecule has 0 amide bonds. The average Bonchev–Trinajstić information content (AvgIpc) is 3.11. The first kappa shape index (κ1) is 19.7. The van der Waals surface area contributed by atoms with Crippen molar-refractivity contribution in [3.05, 3.63) is 66.0 Å². The fourth-order valence-corrected chi connectivity index (χ4v) is 4.59. The van der Waals surface area contributed by atoms with Crippen LogP contribution in [0.3, 0.4) is 0 Å². The third-order valence-corrected chi connectivity index (χ3v) is 6.04. The summed E-state index contributed by atoms with van der Waals surface area (Å²) in [7, 11) is -3.28. The molecule has 1 aliphatic heterocycles. The second-order valence-corrected chi connectivity index (χ2v) is 9.48. The summed E-state index contributed by atoms with van der Waals surface area (Å²) in [5, 5.41) is 6.02. The Morgan fingerprint density at radius 2 is 1.93 bits per heavy atom. The van der Waals surface area contributed by atoms with Gasteiger partial charge in [-0.15, -0.1) is 0 Å². The van der Waals surface area contributed by atoms with Crippen LogP contribution in [0.1, 0.15) is 17.5 Å². The molecule has 1 atom stereocenters. The van der Waals surface area contributed by atoms with Crippen molar-refractivity contribution in [3.8, 4) is 0 Å². The Morgan fingerprint density at radius 1 is 1.14 bits per heavy atom. The quantitative estimate of drug-likeness (QED) is 0.649. The van der Waals surface area contributed by atoms with Crippen LogP contribution < -0.4 is 10.0 Å². The molecule has 0 radical (unpaired) electrons. The van der Waals surface area contributed by atoms with Crippen molar-refractivity contribution in [2.75, 3.05) is 29.4 Å². The van der Waals surface area contributed by atoms with Gasteiger partial charge in [0.15, 0.2) is 0 Å². The van der Waals surface area contributed by atoms with Crippen LogP contribution in [0.4, 0.5) is 11.4 Å². The van der Waals surface area contributed by atoms with Crippen molar-refractivity contribution >= 4 is 32.2 Å². The number of benzene rings is 2. The van der Waals surface area contributed by atoms with Crippen LogP contribution in [0.2, 0.25) is 0 Å². The van der Waals surface area contributed by atoms with E-state index in [1.54, 1.807) is 0 Å². The summed E-state index contributed by atoms with van der Waals surface area (Å²) in [5.41, 5.74) is 3.93. The molecule has 6 nitrogen and oxygen atoms in total. The second-order valence-electron chi connectivity index (χ2n) is 7.73. The number of hydrogen-bond acceptors (Lipinski definition) is 5. The lowest BCUT2D eigenvalue weighted by atomic mass is 10.1. The minimum absolute atomic E-state index is 0.381. The van der Waals surface area contributed by atoms with Gasteiger partial charge in [0.05, 0.1) is 11.9 Å². The van der Waals surface area contributed by atoms with Crippen molar-refractivity contribution in [1.29, 1.82) is 0 Å². The maximum Gasteiger partial charge on any atom is 0.229 e. The number of aromatic nitrogens is 1. The number of rotatable bonds is 6. The van der Waals surface area contributed by atoms with E-state index in [1.165, 1.54) is 11.6 Å². The molecular formula is C22H26N4O2S. The topological polar surface area (TPSA) is 74.3 Å². The molecule has 1 aromatic heterocycles. The summed E-state index contributed by atoms with van der Waals surface area (Å²) in [6.45, 7) is 4.74. The summed E-state index contributed by atoms with van der Waals surface area (Å²) in [5.74, 6) is 0. The van der Waals surface area contributed by atoms with E-state index in [0.29, 0.717) is 11.7 Å². The predicted molar refractivity (Wildman–Crippen MR) is 119 cm³/mol. The lowest BCUT2D eigenvalue weighted by Crippen LogP contribution is -2.26. The Labute approximate surface area is 172 Å². The Hall–Kier alpha value is -2.64. The number of hydrogen-bond donors (Lipinski definition) is 2. The van der Waals surface area contributed by atoms with Crippen molar-refractivity contribution in [2.24, 2.45) is 0 Å². The molecule has 2 heterocycles. The van der Waals surface area contributed by atoms with Gasteiger partial charge in [-0.2, -0.15) is 0 Å². The van der Waals surface area contributed by atoms with Gasteiger partial charge in [-0.3, -0.25) is 14.6 Å². The Morgan fingerprint density at radius 3 is 2.76 bits per heavy atom. The third kappa shape index (κ3) is 4.68. The van der Waals surface area contributed by atoms with E-state index in [0.717, 1.165) is 48.3 Å². The lowest BCUT2D eigenvalue weighted by Gasteiger charge is -2.20. The Kier molecular flexibility index (Phi) is 5.43. The summed E-state index contributed by atoms with van der Waals surface area (Å²) < 4.78 is 25.8. The van der Waals surface area contributed by atoms with Crippen molar-refractivity contribution in [2.45, 2.75) is 25.9 Å². The molecule has 0 spiro atoms. The van der Waals surface area contributed by atoms with Gasteiger partial charge in [0.25, 0.3) is 0 Å². The van der Waals surface area contributed by atoms with E-state index in [1.807, 2.05) is 37.5 Å². The molecule has 3 aromatic rings. The van der Waals surface area contributed by atoms with Crippen LogP contribution in [0, 0.1) is 6.92 Å². The predicted octanol–water partition coefficient (Wildman–Crippen LogP) is 3.60. The van der Waals surface area contributed by atoms with E-state index >= 15 is 0 Å². The maximum absolute atomic E-state index is 11.6. The van der Waals surface area contributed by atoms with Gasteiger partial charge in [0, 0.05) is 54.5 Å². The zero-order valence-electron chi connectivity index (χ0n) is 16.7. The zero-order chi connectivity index (χ0) is 20.4. The van der Waals surface area contributed by atoms with Crippen molar-refractivity contribution in [1.82, 2.24) is 9.88 Å². The molecule has 1 unspecified atom stereocenters. The molecule has 29 heavy (non-hydrogen) atoms. The molecule has 1 aliphatic rings. The molecule has 0 bridgehead atoms. The molecule has 1 saturated heterocycles. The van der Waals surface area contributed by atoms with E-state index in [4.69, 9.17) is 0 Å². The van der Waals surface area contributed by atoms with Crippen LogP contribution >= 0.6 is 0 Å². The number of anilines is 2. The third-order valence-electron chi connectivity index (χ3n) is 5.45. The van der Waals surface area contributed by atoms with E-state index in [2.05, 4.69) is 44.2 Å². The van der Waals surface area contributed by atoms with Crippen LogP contribution in [0.15, 0.2) is 54.9 Å². The highest BCUT2D eigenvalue weighted by atomic mass is 32.2. The first-order chi connectivity index (χ1) is 13.9. The molecule has 0 aliphatic carbocycles. The normalized spacial score (nSPS) is 17.5. The number of nitrogens with zero attached hydrogens (tertiary/aromatic N) is 2. The van der Waals surface area contributed by atoms with Gasteiger partial charge >= 0.3 is 0 Å². The SMILES string of the molecule is Cc1c(CN2CCC(Nc3cccc4cnccc34)C2)cccc1NS(C)(=O)=O. The van der Waals surface area contributed by atoms with Crippen LogP contribution in [0.25, 0.3) is 10.8 Å². The minimum Gasteiger partial charge on any atom is -0.380 e. The summed E-state index contributed by atoms with van der Waals surface area (Å²) in [6, 6.07) is 14.5. The summed E-state index contributed by atoms with van der Waals surface area (Å²) in [4.78, 5) is 6.62. The molecule has 7 heteroatoms. The zero-order valence-corrected chi connectivity index (χ0v) is 17.5. The fraction of sp³-hybridized carbons (Fsp3) is 0.318. The van der Waals surface area contributed by atoms with E-state index in [-0.39, 0.29) is 0 Å². The van der Waals surface area contributed by atoms with Crippen molar-refractivity contribution < 1.29 is 8.42 Å². The number of nitrogens with one attached hydrogen (secondary N) is 2. The summed E-state index contributed by atoms with van der Waals surface area (Å²) in [6.07, 6.45) is 5.97. The lowest BCUT2D eigenvalue weighted by molar-refractivity contribution is 0.328. The molecule has 152 valence electrons. The standard InChI is InChI=1S/C22H26N4O2S/c1-16-18(6-4-7-21(16)25-29(2,27)28)14-26-12-10-19(15-26)24-22-8-3-5-17-13-23-11-9-20(17)22/h3-9,11,13,19,24-25H,10,12,14-15H2,1-2H3. The van der Waals surface area contributed by atoms with Crippen LogP contribution in [-0.2, 0) is 16.6 Å². The monoisotopic (exact) mass is 410 g/mol. The van der Waals surface area contributed by atoms with E-state index < -0.39 is 10.0 Å². The maximum atomic E-state index is 11.6. The van der Waals surface area contributed by atoms with Gasteiger partial charge in [0.1, 0.15) is 0 Å². The first-order valence-electron chi connectivity index (χ1n) is 9.77. The second kappa shape index (κ2) is 8.00. The first-order valence-corrected chi connectivity index (χ1v) is 11.7. The molecule has 1 fully saturated rings. The van der Waals surface area contributed by atoms with Crippen LogP contribution in [-0.4, -0.2) is 43.7 Å². The molecule has 0 saturated carbocycles. The molecule has 2 N–H and O–H groups in total. The minimum atomic E-state index is -3.28.